The van der Waals surface area contributed by atoms with E-state index in [1.165, 1.54) is 62.0 Å². The molecule has 0 aliphatic rings. The summed E-state index contributed by atoms with van der Waals surface area (Å²) in [6, 6.07) is 8.00. The fourth-order valence-corrected chi connectivity index (χ4v) is 2.87. The molecule has 0 aromatic heterocycles. The van der Waals surface area contributed by atoms with E-state index >= 15 is 0 Å². The Morgan fingerprint density at radius 1 is 0.875 bits per heavy atom. The Labute approximate surface area is 148 Å². The third-order valence-electron chi connectivity index (χ3n) is 4.32. The van der Waals surface area contributed by atoms with E-state index in [4.69, 9.17) is 4.84 Å². The van der Waals surface area contributed by atoms with Crippen molar-refractivity contribution in [2.24, 2.45) is 0 Å². The summed E-state index contributed by atoms with van der Waals surface area (Å²) in [5, 5.41) is 1.42. The zero-order valence-corrected chi connectivity index (χ0v) is 15.9. The number of unbranched alkanes of at least 4 members (excludes halogenated alkanes) is 7. The molecule has 0 spiro atoms. The molecule has 3 heteroatoms. The molecule has 0 atom stereocenters. The fraction of sp³-hybridized carbons (Fsp3) is 0.667. The van der Waals surface area contributed by atoms with E-state index in [1.54, 1.807) is 0 Å². The lowest BCUT2D eigenvalue weighted by Gasteiger charge is -2.19. The monoisotopic (exact) mass is 333 g/mol. The lowest BCUT2D eigenvalue weighted by atomic mass is 10.0. The summed E-state index contributed by atoms with van der Waals surface area (Å²) in [5.74, 6) is -0.0574. The van der Waals surface area contributed by atoms with Gasteiger partial charge in [0, 0.05) is 12.1 Å². The van der Waals surface area contributed by atoms with E-state index in [2.05, 4.69) is 19.1 Å². The summed E-state index contributed by atoms with van der Waals surface area (Å²) in [6.45, 7) is 7.14. The van der Waals surface area contributed by atoms with Gasteiger partial charge in [0.1, 0.15) is 0 Å². The first-order valence-corrected chi connectivity index (χ1v) is 9.76. The minimum absolute atomic E-state index is 0.0574. The number of carbonyl (C=O) groups is 1. The highest BCUT2D eigenvalue weighted by Gasteiger charge is 2.14. The van der Waals surface area contributed by atoms with E-state index in [0.29, 0.717) is 18.7 Å². The van der Waals surface area contributed by atoms with Crippen molar-refractivity contribution in [1.29, 1.82) is 0 Å². The molecular formula is C21H35NO2. The van der Waals surface area contributed by atoms with Crippen LogP contribution >= 0.6 is 0 Å². The molecule has 1 rings (SSSR count). The molecule has 136 valence electrons. The predicted molar refractivity (Wildman–Crippen MR) is 101 cm³/mol. The van der Waals surface area contributed by atoms with Gasteiger partial charge in [0.2, 0.25) is 0 Å². The van der Waals surface area contributed by atoms with Crippen molar-refractivity contribution < 1.29 is 9.63 Å². The number of rotatable bonds is 13. The zero-order valence-electron chi connectivity index (χ0n) is 15.9. The molecule has 0 radical (unpaired) electrons. The molecule has 0 aliphatic carbocycles. The van der Waals surface area contributed by atoms with Crippen LogP contribution in [0.1, 0.15) is 88.1 Å². The van der Waals surface area contributed by atoms with Crippen LogP contribution in [0.2, 0.25) is 0 Å². The maximum Gasteiger partial charge on any atom is 0.277 e. The first-order chi connectivity index (χ1) is 11.7. The molecule has 0 fully saturated rings. The summed E-state index contributed by atoms with van der Waals surface area (Å²) in [4.78, 5) is 17.6. The second-order valence-electron chi connectivity index (χ2n) is 6.34. The van der Waals surface area contributed by atoms with Crippen LogP contribution in [0, 0.1) is 0 Å². The Hall–Kier alpha value is -1.35. The minimum Gasteiger partial charge on any atom is -0.271 e. The number of hydrogen-bond acceptors (Lipinski definition) is 2. The molecule has 1 aromatic rings. The van der Waals surface area contributed by atoms with E-state index in [1.807, 2.05) is 26.0 Å². The highest BCUT2D eigenvalue weighted by atomic mass is 16.7. The van der Waals surface area contributed by atoms with Crippen molar-refractivity contribution in [3.8, 4) is 0 Å². The Kier molecular flexibility index (Phi) is 11.2. The van der Waals surface area contributed by atoms with Crippen molar-refractivity contribution in [3.63, 3.8) is 0 Å². The number of nitrogens with zero attached hydrogens (tertiary/aromatic N) is 1. The van der Waals surface area contributed by atoms with Gasteiger partial charge in [-0.25, -0.2) is 5.06 Å². The van der Waals surface area contributed by atoms with Crippen LogP contribution in [0.3, 0.4) is 0 Å². The van der Waals surface area contributed by atoms with Crippen LogP contribution in [0.4, 0.5) is 0 Å². The van der Waals surface area contributed by atoms with Crippen molar-refractivity contribution in [2.75, 3.05) is 13.2 Å². The van der Waals surface area contributed by atoms with E-state index in [9.17, 15) is 4.79 Å². The molecule has 3 nitrogen and oxygen atoms in total. The Bertz CT molecular complexity index is 442. The lowest BCUT2D eigenvalue weighted by molar-refractivity contribution is -0.115. The summed E-state index contributed by atoms with van der Waals surface area (Å²) in [7, 11) is 0. The number of carbonyl (C=O) groups excluding carboxylic acids is 1. The third-order valence-corrected chi connectivity index (χ3v) is 4.32. The highest BCUT2D eigenvalue weighted by Crippen LogP contribution is 2.13. The summed E-state index contributed by atoms with van der Waals surface area (Å²) >= 11 is 0. The highest BCUT2D eigenvalue weighted by molar-refractivity contribution is 5.93. The largest absolute Gasteiger partial charge is 0.277 e. The maximum absolute atomic E-state index is 12.3. The second kappa shape index (κ2) is 13.0. The molecule has 0 heterocycles. The molecule has 0 unspecified atom stereocenters. The molecule has 1 aromatic carbocycles. The van der Waals surface area contributed by atoms with E-state index in [-0.39, 0.29) is 5.91 Å². The summed E-state index contributed by atoms with van der Waals surface area (Å²) in [5.41, 5.74) is 2.02. The fourth-order valence-electron chi connectivity index (χ4n) is 2.87. The van der Waals surface area contributed by atoms with Crippen molar-refractivity contribution in [3.05, 3.63) is 35.4 Å². The average Bonchev–Trinajstić information content (AvgIpc) is 2.62. The molecule has 0 saturated heterocycles. The van der Waals surface area contributed by atoms with Gasteiger partial charge in [0.05, 0.1) is 6.61 Å². The minimum atomic E-state index is -0.0574. The van der Waals surface area contributed by atoms with Crippen molar-refractivity contribution in [2.45, 2.75) is 78.6 Å². The van der Waals surface area contributed by atoms with Gasteiger partial charge >= 0.3 is 0 Å². The Balaban J connectivity index is 2.28. The first kappa shape index (κ1) is 20.7. The van der Waals surface area contributed by atoms with Gasteiger partial charge < -0.3 is 0 Å². The summed E-state index contributed by atoms with van der Waals surface area (Å²) < 4.78 is 0. The van der Waals surface area contributed by atoms with Gasteiger partial charge in [-0.1, -0.05) is 64.0 Å². The van der Waals surface area contributed by atoms with E-state index < -0.39 is 0 Å². The second-order valence-corrected chi connectivity index (χ2v) is 6.34. The molecule has 24 heavy (non-hydrogen) atoms. The molecular weight excluding hydrogens is 298 g/mol. The number of hydroxylamine groups is 2. The predicted octanol–water partition coefficient (Wildman–Crippen LogP) is 5.78. The van der Waals surface area contributed by atoms with Crippen LogP contribution < -0.4 is 0 Å². The Morgan fingerprint density at radius 2 is 1.46 bits per heavy atom. The number of benzene rings is 1. The molecule has 0 bridgehead atoms. The van der Waals surface area contributed by atoms with Crippen LogP contribution in [-0.2, 0) is 11.3 Å². The lowest BCUT2D eigenvalue weighted by Crippen LogP contribution is -2.30. The molecule has 1 amide bonds. The van der Waals surface area contributed by atoms with Gasteiger partial charge in [-0.2, -0.15) is 0 Å². The average molecular weight is 334 g/mol. The number of aryl methyl sites for hydroxylation is 1. The summed E-state index contributed by atoms with van der Waals surface area (Å²) in [6.07, 6.45) is 11.8. The van der Waals surface area contributed by atoms with Crippen molar-refractivity contribution >= 4 is 5.91 Å². The SMILES string of the molecule is CCCCCCCCCCc1ccc(C(=O)N(CC)OCC)cc1. The molecule has 0 saturated carbocycles. The van der Waals surface area contributed by atoms with E-state index in [0.717, 1.165) is 6.42 Å². The molecule has 0 aliphatic heterocycles. The van der Waals surface area contributed by atoms with Crippen LogP contribution in [0.5, 0.6) is 0 Å². The third kappa shape index (κ3) is 7.96. The number of hydrogen-bond donors (Lipinski definition) is 0. The standard InChI is InChI=1S/C21H35NO2/c1-4-7-8-9-10-11-12-13-14-19-15-17-20(18-16-19)21(23)22(5-2)24-6-3/h15-18H,4-14H2,1-3H3. The van der Waals surface area contributed by atoms with Gasteiger partial charge in [0.25, 0.3) is 5.91 Å². The Morgan fingerprint density at radius 3 is 2.00 bits per heavy atom. The van der Waals surface area contributed by atoms with Crippen LogP contribution in [0.25, 0.3) is 0 Å². The normalized spacial score (nSPS) is 10.8. The van der Waals surface area contributed by atoms with Crippen LogP contribution in [0.15, 0.2) is 24.3 Å². The van der Waals surface area contributed by atoms with Gasteiger partial charge in [-0.15, -0.1) is 0 Å². The smallest absolute Gasteiger partial charge is 0.271 e. The zero-order chi connectivity index (χ0) is 17.6. The molecule has 0 N–H and O–H groups in total. The number of amides is 1. The topological polar surface area (TPSA) is 29.5 Å². The van der Waals surface area contributed by atoms with Gasteiger partial charge in [-0.3, -0.25) is 9.63 Å². The van der Waals surface area contributed by atoms with Gasteiger partial charge in [0.15, 0.2) is 0 Å². The van der Waals surface area contributed by atoms with Crippen LogP contribution in [-0.4, -0.2) is 24.1 Å². The van der Waals surface area contributed by atoms with Crippen molar-refractivity contribution in [1.82, 2.24) is 5.06 Å². The quantitative estimate of drug-likeness (QED) is 0.338. The first-order valence-electron chi connectivity index (χ1n) is 9.76. The maximum atomic E-state index is 12.3. The van der Waals surface area contributed by atoms with Gasteiger partial charge in [-0.05, 0) is 44.4 Å².